The Morgan fingerprint density at radius 2 is 1.32 bits per heavy atom. The summed E-state index contributed by atoms with van der Waals surface area (Å²) in [5, 5.41) is 11.4. The van der Waals surface area contributed by atoms with E-state index in [1.54, 1.807) is 0 Å². The molecule has 0 unspecified atom stereocenters. The minimum absolute atomic E-state index is 0.443. The average molecular weight is 365 g/mol. The van der Waals surface area contributed by atoms with Crippen LogP contribution in [-0.4, -0.2) is 57.3 Å². The third-order valence-corrected chi connectivity index (χ3v) is 6.55. The fourth-order valence-corrected chi connectivity index (χ4v) is 5.08. The molecule has 0 radical (unpaired) electrons. The standard InChI is InChI=1S/C5H9NOS.C5H11NS.C5H8OS/c7-6-5-1-3-8-4-2-5;2*6-5-1-3-7-4-2-5/h7H,1-4H2;5H,1-4,6H2;1-4H2. The van der Waals surface area contributed by atoms with E-state index in [2.05, 4.69) is 5.16 Å². The van der Waals surface area contributed by atoms with E-state index in [-0.39, 0.29) is 0 Å². The Morgan fingerprint density at radius 1 is 0.864 bits per heavy atom. The minimum atomic E-state index is 0.443. The number of carbonyl (C=O) groups is 1. The van der Waals surface area contributed by atoms with Gasteiger partial charge in [0.2, 0.25) is 0 Å². The molecule has 3 aliphatic rings. The van der Waals surface area contributed by atoms with Crippen LogP contribution in [0.1, 0.15) is 38.5 Å². The Morgan fingerprint density at radius 3 is 1.59 bits per heavy atom. The predicted octanol–water partition coefficient (Wildman–Crippen LogP) is 3.27. The summed E-state index contributed by atoms with van der Waals surface area (Å²) < 4.78 is 0. The molecule has 0 amide bonds. The topological polar surface area (TPSA) is 75.7 Å². The monoisotopic (exact) mass is 364 g/mol. The van der Waals surface area contributed by atoms with Crippen LogP contribution >= 0.6 is 35.3 Å². The molecule has 3 rings (SSSR count). The van der Waals surface area contributed by atoms with Crippen molar-refractivity contribution in [1.82, 2.24) is 0 Å². The van der Waals surface area contributed by atoms with Crippen LogP contribution in [0.25, 0.3) is 0 Å². The van der Waals surface area contributed by atoms with Gasteiger partial charge in [-0.05, 0) is 48.7 Å². The van der Waals surface area contributed by atoms with Crippen LogP contribution in [0.2, 0.25) is 0 Å². The molecular weight excluding hydrogens is 336 g/mol. The smallest absolute Gasteiger partial charge is 0.134 e. The lowest BCUT2D eigenvalue weighted by Gasteiger charge is -2.15. The first-order chi connectivity index (χ1) is 10.7. The van der Waals surface area contributed by atoms with Gasteiger partial charge < -0.3 is 10.9 Å². The van der Waals surface area contributed by atoms with E-state index in [0.29, 0.717) is 11.8 Å². The van der Waals surface area contributed by atoms with Crippen LogP contribution in [-0.2, 0) is 4.79 Å². The van der Waals surface area contributed by atoms with Gasteiger partial charge in [-0.2, -0.15) is 35.3 Å². The van der Waals surface area contributed by atoms with Gasteiger partial charge in [0.05, 0.1) is 5.71 Å². The number of hydrogen-bond donors (Lipinski definition) is 2. The Balaban J connectivity index is 0.000000166. The molecule has 4 nitrogen and oxygen atoms in total. The van der Waals surface area contributed by atoms with Crippen LogP contribution in [0.4, 0.5) is 0 Å². The maximum atomic E-state index is 10.4. The molecule has 7 heteroatoms. The average Bonchev–Trinajstić information content (AvgIpc) is 2.58. The van der Waals surface area contributed by atoms with E-state index in [0.717, 1.165) is 54.4 Å². The molecule has 3 N–H and O–H groups in total. The first-order valence-corrected chi connectivity index (χ1v) is 11.4. The fourth-order valence-electron chi connectivity index (χ4n) is 2.02. The molecule has 0 spiro atoms. The van der Waals surface area contributed by atoms with Gasteiger partial charge in [-0.15, -0.1) is 0 Å². The lowest BCUT2D eigenvalue weighted by Crippen LogP contribution is -2.24. The molecule has 3 saturated heterocycles. The Bertz CT molecular complexity index is 319. The molecule has 3 fully saturated rings. The number of Topliss-reactive ketones (excluding diaryl/α,β-unsaturated/α-hetero) is 1. The van der Waals surface area contributed by atoms with Gasteiger partial charge >= 0.3 is 0 Å². The highest BCUT2D eigenvalue weighted by Crippen LogP contribution is 2.15. The van der Waals surface area contributed by atoms with Gasteiger partial charge in [0, 0.05) is 30.4 Å². The number of hydrogen-bond acceptors (Lipinski definition) is 7. The van der Waals surface area contributed by atoms with Gasteiger partial charge in [0.1, 0.15) is 5.78 Å². The van der Waals surface area contributed by atoms with Gasteiger partial charge in [-0.25, -0.2) is 0 Å². The van der Waals surface area contributed by atoms with Crippen molar-refractivity contribution >= 4 is 46.8 Å². The van der Waals surface area contributed by atoms with Crippen LogP contribution in [0.5, 0.6) is 0 Å². The number of thioether (sulfide) groups is 3. The maximum Gasteiger partial charge on any atom is 0.134 e. The van der Waals surface area contributed by atoms with E-state index >= 15 is 0 Å². The highest BCUT2D eigenvalue weighted by molar-refractivity contribution is 7.99. The van der Waals surface area contributed by atoms with Gasteiger partial charge in [0.15, 0.2) is 0 Å². The largest absolute Gasteiger partial charge is 0.411 e. The normalized spacial score (nSPS) is 22.8. The number of oxime groups is 1. The van der Waals surface area contributed by atoms with E-state index in [1.165, 1.54) is 24.3 Å². The van der Waals surface area contributed by atoms with Crippen LogP contribution in [0, 0.1) is 0 Å². The third-order valence-electron chi connectivity index (χ3n) is 3.53. The highest BCUT2D eigenvalue weighted by atomic mass is 32.2. The first kappa shape index (κ1) is 20.2. The minimum Gasteiger partial charge on any atom is -0.411 e. The molecule has 0 aliphatic carbocycles. The van der Waals surface area contributed by atoms with Crippen molar-refractivity contribution in [3.63, 3.8) is 0 Å². The zero-order chi connectivity index (χ0) is 16.0. The zero-order valence-electron chi connectivity index (χ0n) is 13.2. The molecule has 0 bridgehead atoms. The molecular formula is C15H28N2O2S3. The van der Waals surface area contributed by atoms with Gasteiger partial charge in [-0.1, -0.05) is 5.16 Å². The van der Waals surface area contributed by atoms with Crippen molar-refractivity contribution in [2.24, 2.45) is 10.9 Å². The molecule has 0 saturated carbocycles. The first-order valence-electron chi connectivity index (χ1n) is 7.92. The van der Waals surface area contributed by atoms with E-state index in [4.69, 9.17) is 10.9 Å². The van der Waals surface area contributed by atoms with E-state index in [1.807, 2.05) is 35.3 Å². The Labute approximate surface area is 146 Å². The third kappa shape index (κ3) is 10.8. The molecule has 3 aliphatic heterocycles. The summed E-state index contributed by atoms with van der Waals surface area (Å²) in [6.45, 7) is 0. The quantitative estimate of drug-likeness (QED) is 0.507. The predicted molar refractivity (Wildman–Crippen MR) is 102 cm³/mol. The molecule has 128 valence electrons. The van der Waals surface area contributed by atoms with Crippen molar-refractivity contribution in [3.05, 3.63) is 0 Å². The molecule has 0 aromatic rings. The van der Waals surface area contributed by atoms with E-state index < -0.39 is 0 Å². The van der Waals surface area contributed by atoms with Crippen molar-refractivity contribution in [1.29, 1.82) is 0 Å². The van der Waals surface area contributed by atoms with E-state index in [9.17, 15) is 4.79 Å². The lowest BCUT2D eigenvalue weighted by molar-refractivity contribution is -0.118. The highest BCUT2D eigenvalue weighted by Gasteiger charge is 2.07. The Kier molecular flexibility index (Phi) is 12.5. The molecule has 0 atom stereocenters. The number of ketones is 1. The molecule has 0 aromatic carbocycles. The van der Waals surface area contributed by atoms with Crippen LogP contribution in [0.3, 0.4) is 0 Å². The number of nitrogens with zero attached hydrogens (tertiary/aromatic N) is 1. The summed E-state index contributed by atoms with van der Waals surface area (Å²) in [6.07, 6.45) is 6.02. The second-order valence-electron chi connectivity index (χ2n) is 5.38. The SMILES string of the molecule is NC1CCSCC1.O=C1CCSCC1.ON=C1CCSCC1. The summed E-state index contributed by atoms with van der Waals surface area (Å²) >= 11 is 5.82. The van der Waals surface area contributed by atoms with Crippen molar-refractivity contribution in [3.8, 4) is 0 Å². The number of carbonyl (C=O) groups excluding carboxylic acids is 1. The second kappa shape index (κ2) is 13.6. The second-order valence-corrected chi connectivity index (χ2v) is 9.05. The van der Waals surface area contributed by atoms with Crippen molar-refractivity contribution in [2.75, 3.05) is 34.5 Å². The summed E-state index contributed by atoms with van der Waals surface area (Å²) in [4.78, 5) is 10.4. The van der Waals surface area contributed by atoms with Gasteiger partial charge in [0.25, 0.3) is 0 Å². The number of rotatable bonds is 0. The maximum absolute atomic E-state index is 10.4. The zero-order valence-corrected chi connectivity index (χ0v) is 15.6. The van der Waals surface area contributed by atoms with Gasteiger partial charge in [-0.3, -0.25) is 4.79 Å². The molecule has 3 heterocycles. The summed E-state index contributed by atoms with van der Waals surface area (Å²) in [5.74, 6) is 7.36. The summed E-state index contributed by atoms with van der Waals surface area (Å²) in [6, 6.07) is 0.515. The number of nitrogens with two attached hydrogens (primary N) is 1. The van der Waals surface area contributed by atoms with Crippen molar-refractivity contribution in [2.45, 2.75) is 44.6 Å². The summed E-state index contributed by atoms with van der Waals surface area (Å²) in [7, 11) is 0. The van der Waals surface area contributed by atoms with Crippen LogP contribution < -0.4 is 5.73 Å². The van der Waals surface area contributed by atoms with Crippen molar-refractivity contribution < 1.29 is 10.0 Å². The fraction of sp³-hybridized carbons (Fsp3) is 0.867. The summed E-state index contributed by atoms with van der Waals surface area (Å²) in [5.41, 5.74) is 6.58. The van der Waals surface area contributed by atoms with Crippen LogP contribution in [0.15, 0.2) is 5.16 Å². The lowest BCUT2D eigenvalue weighted by atomic mass is 10.2. The molecule has 22 heavy (non-hydrogen) atoms. The molecule has 0 aromatic heterocycles. The Hall–Kier alpha value is 0.150.